The van der Waals surface area contributed by atoms with Crippen LogP contribution in [-0.2, 0) is 11.3 Å². The second kappa shape index (κ2) is 4.88. The number of aromatic nitrogens is 2. The Bertz CT molecular complexity index is 286. The Kier molecular flexibility index (Phi) is 3.78. The van der Waals surface area contributed by atoms with Crippen LogP contribution in [0.5, 0.6) is 0 Å². The summed E-state index contributed by atoms with van der Waals surface area (Å²) in [6, 6.07) is 0. The van der Waals surface area contributed by atoms with Crippen LogP contribution in [0.15, 0.2) is 0 Å². The highest BCUT2D eigenvalue weighted by molar-refractivity contribution is 7.15. The molecule has 0 spiro atoms. The van der Waals surface area contributed by atoms with Gasteiger partial charge in [0.15, 0.2) is 0 Å². The average molecular weight is 200 g/mol. The molecule has 13 heavy (non-hydrogen) atoms. The summed E-state index contributed by atoms with van der Waals surface area (Å²) in [5.74, 6) is -0.0257. The molecule has 0 unspecified atom stereocenters. The van der Waals surface area contributed by atoms with Crippen LogP contribution in [0.1, 0.15) is 24.8 Å². The van der Waals surface area contributed by atoms with E-state index in [9.17, 15) is 4.79 Å². The van der Waals surface area contributed by atoms with Crippen molar-refractivity contribution in [2.75, 3.05) is 5.32 Å². The maximum Gasteiger partial charge on any atom is 0.226 e. The fourth-order valence-electron chi connectivity index (χ4n) is 0.795. The molecule has 1 rings (SSSR count). The van der Waals surface area contributed by atoms with Crippen LogP contribution in [0.25, 0.3) is 0 Å². The van der Waals surface area contributed by atoms with Crippen molar-refractivity contribution in [1.29, 1.82) is 0 Å². The summed E-state index contributed by atoms with van der Waals surface area (Å²) >= 11 is 1.31. The van der Waals surface area contributed by atoms with Crippen LogP contribution in [0.2, 0.25) is 0 Å². The smallest absolute Gasteiger partial charge is 0.226 e. The summed E-state index contributed by atoms with van der Waals surface area (Å²) in [4.78, 5) is 11.1. The minimum absolute atomic E-state index is 0.0257. The number of amides is 1. The number of anilines is 1. The van der Waals surface area contributed by atoms with E-state index in [4.69, 9.17) is 5.73 Å². The Balaban J connectivity index is 2.49. The number of nitrogens with zero attached hydrogens (tertiary/aromatic N) is 2. The minimum Gasteiger partial charge on any atom is -0.324 e. The first-order valence-corrected chi connectivity index (χ1v) is 4.90. The lowest BCUT2D eigenvalue weighted by Crippen LogP contribution is -2.10. The molecule has 1 aromatic heterocycles. The molecule has 0 aliphatic rings. The topological polar surface area (TPSA) is 80.9 Å². The molecule has 0 radical (unpaired) electrons. The maximum atomic E-state index is 11.1. The zero-order chi connectivity index (χ0) is 9.68. The molecule has 1 amide bonds. The van der Waals surface area contributed by atoms with Crippen LogP contribution in [0.4, 0.5) is 5.13 Å². The van der Waals surface area contributed by atoms with Gasteiger partial charge in [-0.05, 0) is 6.42 Å². The second-order valence-corrected chi connectivity index (χ2v) is 3.57. The lowest BCUT2D eigenvalue weighted by molar-refractivity contribution is -0.116. The molecule has 0 saturated heterocycles. The van der Waals surface area contributed by atoms with Gasteiger partial charge >= 0.3 is 0 Å². The molecule has 5 nitrogen and oxygen atoms in total. The number of nitrogens with one attached hydrogen (secondary N) is 1. The van der Waals surface area contributed by atoms with Gasteiger partial charge in [0, 0.05) is 13.0 Å². The van der Waals surface area contributed by atoms with Gasteiger partial charge in [-0.25, -0.2) is 0 Å². The number of nitrogens with two attached hydrogens (primary N) is 1. The van der Waals surface area contributed by atoms with Crippen LogP contribution in [-0.4, -0.2) is 16.1 Å². The molecule has 0 atom stereocenters. The van der Waals surface area contributed by atoms with Gasteiger partial charge in [0.1, 0.15) is 5.01 Å². The molecular weight excluding hydrogens is 188 g/mol. The summed E-state index contributed by atoms with van der Waals surface area (Å²) < 4.78 is 0. The number of hydrogen-bond donors (Lipinski definition) is 2. The molecule has 3 N–H and O–H groups in total. The van der Waals surface area contributed by atoms with Crippen molar-refractivity contribution < 1.29 is 4.79 Å². The predicted molar refractivity (Wildman–Crippen MR) is 51.3 cm³/mol. The van der Waals surface area contributed by atoms with E-state index in [1.807, 2.05) is 6.92 Å². The van der Waals surface area contributed by atoms with Crippen molar-refractivity contribution in [2.24, 2.45) is 5.73 Å². The molecule has 0 aliphatic heterocycles. The van der Waals surface area contributed by atoms with Crippen molar-refractivity contribution in [3.8, 4) is 0 Å². The molecule has 0 fully saturated rings. The molecule has 1 heterocycles. The van der Waals surface area contributed by atoms with Crippen LogP contribution in [0.3, 0.4) is 0 Å². The first-order chi connectivity index (χ1) is 6.26. The quantitative estimate of drug-likeness (QED) is 0.751. The Hall–Kier alpha value is -1.01. The molecule has 0 bridgehead atoms. The first kappa shape index (κ1) is 10.1. The maximum absolute atomic E-state index is 11.1. The second-order valence-electron chi connectivity index (χ2n) is 2.50. The van der Waals surface area contributed by atoms with Gasteiger partial charge in [-0.15, -0.1) is 10.2 Å². The van der Waals surface area contributed by atoms with E-state index >= 15 is 0 Å². The average Bonchev–Trinajstić information content (AvgIpc) is 2.52. The predicted octanol–water partition coefficient (Wildman–Crippen LogP) is 0.735. The highest BCUT2D eigenvalue weighted by Gasteiger charge is 2.05. The highest BCUT2D eigenvalue weighted by Crippen LogP contribution is 2.14. The molecular formula is C7H12N4OS. The fraction of sp³-hybridized carbons (Fsp3) is 0.571. The van der Waals surface area contributed by atoms with E-state index in [2.05, 4.69) is 15.5 Å². The van der Waals surface area contributed by atoms with Crippen molar-refractivity contribution in [3.05, 3.63) is 5.01 Å². The lowest BCUT2D eigenvalue weighted by Gasteiger charge is -1.96. The summed E-state index contributed by atoms with van der Waals surface area (Å²) in [5, 5.41) is 11.4. The van der Waals surface area contributed by atoms with E-state index in [1.165, 1.54) is 11.3 Å². The van der Waals surface area contributed by atoms with Gasteiger partial charge in [-0.3, -0.25) is 4.79 Å². The molecule has 0 aliphatic carbocycles. The third kappa shape index (κ3) is 3.08. The van der Waals surface area contributed by atoms with E-state index in [-0.39, 0.29) is 5.91 Å². The van der Waals surface area contributed by atoms with E-state index in [0.29, 0.717) is 18.1 Å². The van der Waals surface area contributed by atoms with Crippen LogP contribution < -0.4 is 11.1 Å². The third-order valence-electron chi connectivity index (χ3n) is 1.36. The number of carbonyl (C=O) groups excluding carboxylic acids is 1. The normalized spacial score (nSPS) is 10.0. The van der Waals surface area contributed by atoms with Gasteiger partial charge in [-0.1, -0.05) is 18.3 Å². The van der Waals surface area contributed by atoms with Gasteiger partial charge < -0.3 is 11.1 Å². The fourth-order valence-corrected chi connectivity index (χ4v) is 1.43. The SMILES string of the molecule is CCCC(=O)Nc1nnc(CN)s1. The lowest BCUT2D eigenvalue weighted by atomic mass is 10.3. The van der Waals surface area contributed by atoms with E-state index < -0.39 is 0 Å². The summed E-state index contributed by atoms with van der Waals surface area (Å²) in [6.07, 6.45) is 1.34. The van der Waals surface area contributed by atoms with E-state index in [0.717, 1.165) is 11.4 Å². The molecule has 0 aromatic carbocycles. The number of carbonyl (C=O) groups is 1. The third-order valence-corrected chi connectivity index (χ3v) is 2.23. The van der Waals surface area contributed by atoms with Crippen molar-refractivity contribution in [2.45, 2.75) is 26.3 Å². The van der Waals surface area contributed by atoms with Crippen molar-refractivity contribution in [3.63, 3.8) is 0 Å². The Morgan fingerprint density at radius 1 is 1.62 bits per heavy atom. The van der Waals surface area contributed by atoms with Crippen LogP contribution >= 0.6 is 11.3 Å². The standard InChI is InChI=1S/C7H12N4OS/c1-2-3-5(12)9-7-11-10-6(4-8)13-7/h2-4,8H2,1H3,(H,9,11,12). The minimum atomic E-state index is -0.0257. The monoisotopic (exact) mass is 200 g/mol. The van der Waals surface area contributed by atoms with E-state index in [1.54, 1.807) is 0 Å². The van der Waals surface area contributed by atoms with Gasteiger partial charge in [0.05, 0.1) is 0 Å². The number of hydrogen-bond acceptors (Lipinski definition) is 5. The zero-order valence-electron chi connectivity index (χ0n) is 7.41. The van der Waals surface area contributed by atoms with Gasteiger partial charge in [-0.2, -0.15) is 0 Å². The summed E-state index contributed by atoms with van der Waals surface area (Å²) in [5.41, 5.74) is 5.35. The largest absolute Gasteiger partial charge is 0.324 e. The summed E-state index contributed by atoms with van der Waals surface area (Å²) in [6.45, 7) is 2.31. The number of rotatable bonds is 4. The zero-order valence-corrected chi connectivity index (χ0v) is 8.23. The molecule has 6 heteroatoms. The Labute approximate surface area is 80.4 Å². The highest BCUT2D eigenvalue weighted by atomic mass is 32.1. The molecule has 72 valence electrons. The van der Waals surface area contributed by atoms with Gasteiger partial charge in [0.2, 0.25) is 11.0 Å². The Morgan fingerprint density at radius 3 is 2.92 bits per heavy atom. The Morgan fingerprint density at radius 2 is 2.38 bits per heavy atom. The molecule has 0 saturated carbocycles. The van der Waals surface area contributed by atoms with Gasteiger partial charge in [0.25, 0.3) is 0 Å². The van der Waals surface area contributed by atoms with Crippen molar-refractivity contribution in [1.82, 2.24) is 10.2 Å². The first-order valence-electron chi connectivity index (χ1n) is 4.08. The van der Waals surface area contributed by atoms with Crippen LogP contribution in [0, 0.1) is 0 Å². The molecule has 1 aromatic rings. The van der Waals surface area contributed by atoms with Crippen molar-refractivity contribution >= 4 is 22.4 Å². The summed E-state index contributed by atoms with van der Waals surface area (Å²) in [7, 11) is 0.